The van der Waals surface area contributed by atoms with Gasteiger partial charge in [0.15, 0.2) is 5.96 Å². The van der Waals surface area contributed by atoms with Crippen LogP contribution in [-0.4, -0.2) is 36.4 Å². The first-order valence-electron chi connectivity index (χ1n) is 8.14. The Labute approximate surface area is 169 Å². The number of guanidine groups is 1. The molecule has 1 aliphatic rings. The number of hydrogen-bond acceptors (Lipinski definition) is 2. The van der Waals surface area contributed by atoms with Crippen molar-refractivity contribution in [3.63, 3.8) is 0 Å². The lowest BCUT2D eigenvalue weighted by atomic mass is 9.95. The molecule has 0 bridgehead atoms. The summed E-state index contributed by atoms with van der Waals surface area (Å²) >= 11 is 3.49. The van der Waals surface area contributed by atoms with Gasteiger partial charge in [0, 0.05) is 30.5 Å². The molecule has 1 aromatic rings. The van der Waals surface area contributed by atoms with E-state index in [4.69, 9.17) is 10.7 Å². The molecule has 1 aromatic carbocycles. The molecule has 0 aliphatic carbocycles. The van der Waals surface area contributed by atoms with E-state index < -0.39 is 0 Å². The number of halogens is 2. The van der Waals surface area contributed by atoms with E-state index in [9.17, 15) is 4.79 Å². The van der Waals surface area contributed by atoms with Crippen LogP contribution in [-0.2, 0) is 11.3 Å². The fourth-order valence-electron chi connectivity index (χ4n) is 2.94. The van der Waals surface area contributed by atoms with Crippen molar-refractivity contribution in [3.8, 4) is 0 Å². The average molecular weight is 509 g/mol. The number of likely N-dealkylation sites (tertiary alicyclic amines) is 1. The number of nitrogens with zero attached hydrogens (tertiary/aromatic N) is 2. The van der Waals surface area contributed by atoms with Gasteiger partial charge in [-0.05, 0) is 43.4 Å². The molecule has 1 saturated heterocycles. The van der Waals surface area contributed by atoms with E-state index >= 15 is 0 Å². The van der Waals surface area contributed by atoms with E-state index in [1.54, 1.807) is 0 Å². The molecule has 1 fully saturated rings. The summed E-state index contributed by atoms with van der Waals surface area (Å²) in [7, 11) is 0. The number of primary amides is 1. The van der Waals surface area contributed by atoms with Crippen LogP contribution in [0.15, 0.2) is 33.7 Å². The number of benzene rings is 1. The zero-order chi connectivity index (χ0) is 16.7. The van der Waals surface area contributed by atoms with Gasteiger partial charge >= 0.3 is 0 Å². The van der Waals surface area contributed by atoms with E-state index in [-0.39, 0.29) is 29.9 Å². The van der Waals surface area contributed by atoms with Crippen LogP contribution in [0.25, 0.3) is 0 Å². The second kappa shape index (κ2) is 10.9. The number of piperidine rings is 1. The number of amides is 1. The van der Waals surface area contributed by atoms with Gasteiger partial charge in [-0.2, -0.15) is 0 Å². The Morgan fingerprint density at radius 2 is 2.29 bits per heavy atom. The summed E-state index contributed by atoms with van der Waals surface area (Å²) in [4.78, 5) is 18.2. The van der Waals surface area contributed by atoms with Gasteiger partial charge in [0.05, 0.1) is 6.54 Å². The largest absolute Gasteiger partial charge is 0.370 e. The van der Waals surface area contributed by atoms with Crippen molar-refractivity contribution in [2.45, 2.75) is 32.7 Å². The zero-order valence-electron chi connectivity index (χ0n) is 14.0. The Morgan fingerprint density at radius 1 is 1.50 bits per heavy atom. The predicted molar refractivity (Wildman–Crippen MR) is 112 cm³/mol. The Balaban J connectivity index is 0.00000288. The summed E-state index contributed by atoms with van der Waals surface area (Å²) in [5.41, 5.74) is 6.51. The molecule has 1 atom stereocenters. The molecule has 0 aromatic heterocycles. The number of aliphatic imine (C=N–C) groups is 1. The minimum Gasteiger partial charge on any atom is -0.370 e. The van der Waals surface area contributed by atoms with E-state index in [0.717, 1.165) is 42.9 Å². The number of hydrogen-bond donors (Lipinski definition) is 2. The second-order valence-electron chi connectivity index (χ2n) is 5.92. The summed E-state index contributed by atoms with van der Waals surface area (Å²) in [6, 6.07) is 8.19. The first-order valence-corrected chi connectivity index (χ1v) is 8.93. The Kier molecular flexibility index (Phi) is 9.65. The zero-order valence-corrected chi connectivity index (χ0v) is 17.9. The third kappa shape index (κ3) is 6.96. The van der Waals surface area contributed by atoms with Crippen molar-refractivity contribution in [1.29, 1.82) is 0 Å². The van der Waals surface area contributed by atoms with Crippen LogP contribution in [0.3, 0.4) is 0 Å². The lowest BCUT2D eigenvalue weighted by Crippen LogP contribution is -2.47. The van der Waals surface area contributed by atoms with Crippen LogP contribution in [0.4, 0.5) is 0 Å². The highest BCUT2D eigenvalue weighted by molar-refractivity contribution is 14.0. The molecule has 1 amide bonds. The fraction of sp³-hybridized carbons (Fsp3) is 0.529. The first kappa shape index (κ1) is 21.2. The molecule has 1 heterocycles. The van der Waals surface area contributed by atoms with E-state index in [1.807, 2.05) is 12.1 Å². The van der Waals surface area contributed by atoms with Crippen LogP contribution in [0.1, 0.15) is 31.7 Å². The third-order valence-corrected chi connectivity index (χ3v) is 4.44. The summed E-state index contributed by atoms with van der Waals surface area (Å²) in [5, 5.41) is 3.36. The minimum absolute atomic E-state index is 0. The van der Waals surface area contributed by atoms with Gasteiger partial charge in [-0.3, -0.25) is 4.79 Å². The lowest BCUT2D eigenvalue weighted by Gasteiger charge is -2.34. The molecule has 5 nitrogen and oxygen atoms in total. The van der Waals surface area contributed by atoms with Crippen LogP contribution in [0.2, 0.25) is 0 Å². The maximum absolute atomic E-state index is 11.2. The SMILES string of the molecule is CCNC(=NCc1cccc(Br)c1)N1CCCC(CC(N)=O)C1.I. The monoisotopic (exact) mass is 508 g/mol. The van der Waals surface area contributed by atoms with Crippen LogP contribution in [0, 0.1) is 5.92 Å². The van der Waals surface area contributed by atoms with Crippen LogP contribution >= 0.6 is 39.9 Å². The van der Waals surface area contributed by atoms with Crippen molar-refractivity contribution in [2.24, 2.45) is 16.6 Å². The van der Waals surface area contributed by atoms with Crippen molar-refractivity contribution in [1.82, 2.24) is 10.2 Å². The first-order chi connectivity index (χ1) is 11.1. The molecule has 24 heavy (non-hydrogen) atoms. The quantitative estimate of drug-likeness (QED) is 0.364. The number of carbonyl (C=O) groups excluding carboxylic acids is 1. The molecule has 2 rings (SSSR count). The van der Waals surface area contributed by atoms with Gasteiger partial charge in [0.2, 0.25) is 5.91 Å². The summed E-state index contributed by atoms with van der Waals surface area (Å²) in [5.74, 6) is 1.03. The normalized spacial score (nSPS) is 18.0. The number of carbonyl (C=O) groups is 1. The third-order valence-electron chi connectivity index (χ3n) is 3.94. The standard InChI is InChI=1S/C17H25BrN4O.HI/c1-2-20-17(21-11-13-5-3-7-15(18)9-13)22-8-4-6-14(12-22)10-16(19)23;/h3,5,7,9,14H,2,4,6,8,10-12H2,1H3,(H2,19,23)(H,20,21);1H. The molecular weight excluding hydrogens is 483 g/mol. The molecule has 3 N–H and O–H groups in total. The van der Waals surface area contributed by atoms with Crippen molar-refractivity contribution in [3.05, 3.63) is 34.3 Å². The van der Waals surface area contributed by atoms with Crippen LogP contribution in [0.5, 0.6) is 0 Å². The highest BCUT2D eigenvalue weighted by atomic mass is 127. The maximum atomic E-state index is 11.2. The van der Waals surface area contributed by atoms with E-state index in [2.05, 4.69) is 45.2 Å². The summed E-state index contributed by atoms with van der Waals surface area (Å²) in [6.45, 7) is 5.35. The van der Waals surface area contributed by atoms with Gasteiger partial charge in [0.25, 0.3) is 0 Å². The van der Waals surface area contributed by atoms with Crippen LogP contribution < -0.4 is 11.1 Å². The minimum atomic E-state index is -0.215. The fourth-order valence-corrected chi connectivity index (χ4v) is 3.38. The molecule has 134 valence electrons. The van der Waals surface area contributed by atoms with Crippen molar-refractivity contribution in [2.75, 3.05) is 19.6 Å². The summed E-state index contributed by atoms with van der Waals surface area (Å²) < 4.78 is 1.06. The summed E-state index contributed by atoms with van der Waals surface area (Å²) in [6.07, 6.45) is 2.59. The van der Waals surface area contributed by atoms with Gasteiger partial charge in [0.1, 0.15) is 0 Å². The topological polar surface area (TPSA) is 70.7 Å². The number of nitrogens with two attached hydrogens (primary N) is 1. The highest BCUT2D eigenvalue weighted by Gasteiger charge is 2.23. The lowest BCUT2D eigenvalue weighted by molar-refractivity contribution is -0.119. The Morgan fingerprint density at radius 3 is 2.96 bits per heavy atom. The molecule has 0 spiro atoms. The van der Waals surface area contributed by atoms with Crippen molar-refractivity contribution < 1.29 is 4.79 Å². The van der Waals surface area contributed by atoms with Gasteiger partial charge in [-0.1, -0.05) is 28.1 Å². The molecule has 1 aliphatic heterocycles. The Hall–Kier alpha value is -0.830. The van der Waals surface area contributed by atoms with Gasteiger partial charge in [-0.25, -0.2) is 4.99 Å². The molecular formula is C17H26BrIN4O. The predicted octanol–water partition coefficient (Wildman–Crippen LogP) is 3.12. The highest BCUT2D eigenvalue weighted by Crippen LogP contribution is 2.20. The molecule has 7 heteroatoms. The number of rotatable bonds is 5. The second-order valence-corrected chi connectivity index (χ2v) is 6.84. The molecule has 1 unspecified atom stereocenters. The molecule has 0 saturated carbocycles. The average Bonchev–Trinajstić information content (AvgIpc) is 2.51. The number of nitrogens with one attached hydrogen (secondary N) is 1. The Bertz CT molecular complexity index is 567. The molecule has 0 radical (unpaired) electrons. The van der Waals surface area contributed by atoms with Gasteiger partial charge < -0.3 is 16.0 Å². The maximum Gasteiger partial charge on any atom is 0.217 e. The van der Waals surface area contributed by atoms with E-state index in [0.29, 0.717) is 18.9 Å². The van der Waals surface area contributed by atoms with Gasteiger partial charge in [-0.15, -0.1) is 24.0 Å². The smallest absolute Gasteiger partial charge is 0.217 e. The van der Waals surface area contributed by atoms with Crippen molar-refractivity contribution >= 4 is 51.8 Å². The van der Waals surface area contributed by atoms with E-state index in [1.165, 1.54) is 5.56 Å².